The molecule has 1 fully saturated rings. The third kappa shape index (κ3) is 4.46. The van der Waals surface area contributed by atoms with Crippen LogP contribution in [-0.4, -0.2) is 19.6 Å². The zero-order chi connectivity index (χ0) is 15.2. The molecule has 1 saturated heterocycles. The van der Waals surface area contributed by atoms with Crippen LogP contribution in [0.5, 0.6) is 0 Å². The van der Waals surface area contributed by atoms with Crippen molar-refractivity contribution in [3.8, 4) is 0 Å². The number of anilines is 1. The van der Waals surface area contributed by atoms with Crippen molar-refractivity contribution in [2.45, 2.75) is 52.5 Å². The summed E-state index contributed by atoms with van der Waals surface area (Å²) >= 11 is 3.77. The molecule has 0 spiro atoms. The van der Waals surface area contributed by atoms with Gasteiger partial charge in [-0.2, -0.15) is 0 Å². The molecule has 1 heterocycles. The molecule has 1 aliphatic rings. The second kappa shape index (κ2) is 8.19. The summed E-state index contributed by atoms with van der Waals surface area (Å²) < 4.78 is 1.23. The van der Waals surface area contributed by atoms with Crippen LogP contribution in [0.15, 0.2) is 22.7 Å². The molecule has 3 heteroatoms. The number of benzene rings is 1. The largest absolute Gasteiger partial charge is 0.371 e. The van der Waals surface area contributed by atoms with Crippen molar-refractivity contribution in [3.63, 3.8) is 0 Å². The molecule has 0 amide bonds. The van der Waals surface area contributed by atoms with Crippen molar-refractivity contribution in [2.24, 2.45) is 5.92 Å². The number of nitrogens with one attached hydrogen (secondary N) is 1. The Hall–Kier alpha value is -0.540. The van der Waals surface area contributed by atoms with Crippen molar-refractivity contribution in [3.05, 3.63) is 28.2 Å². The minimum atomic E-state index is 0.403. The number of hydrogen-bond donors (Lipinski definition) is 1. The monoisotopic (exact) mass is 352 g/mol. The summed E-state index contributed by atoms with van der Waals surface area (Å²) in [5.41, 5.74) is 2.73. The number of nitrogens with zero attached hydrogens (tertiary/aromatic N) is 1. The highest BCUT2D eigenvalue weighted by Crippen LogP contribution is 2.32. The molecule has 2 unspecified atom stereocenters. The van der Waals surface area contributed by atoms with Crippen molar-refractivity contribution >= 4 is 21.6 Å². The maximum Gasteiger partial charge on any atom is 0.0377 e. The minimum absolute atomic E-state index is 0.403. The van der Waals surface area contributed by atoms with Crippen LogP contribution in [0, 0.1) is 5.92 Å². The van der Waals surface area contributed by atoms with Crippen LogP contribution in [0.25, 0.3) is 0 Å². The van der Waals surface area contributed by atoms with Gasteiger partial charge in [-0.3, -0.25) is 0 Å². The zero-order valence-electron chi connectivity index (χ0n) is 13.7. The summed E-state index contributed by atoms with van der Waals surface area (Å²) in [7, 11) is 0. The van der Waals surface area contributed by atoms with E-state index in [-0.39, 0.29) is 0 Å². The van der Waals surface area contributed by atoms with Crippen LogP contribution < -0.4 is 10.2 Å². The van der Waals surface area contributed by atoms with Gasteiger partial charge in [0, 0.05) is 29.3 Å². The molecular formula is C18H29BrN2. The Balaban J connectivity index is 2.02. The predicted molar refractivity (Wildman–Crippen MR) is 96.1 cm³/mol. The van der Waals surface area contributed by atoms with E-state index in [9.17, 15) is 0 Å². The van der Waals surface area contributed by atoms with Crippen LogP contribution in [-0.2, 0) is 0 Å². The molecule has 0 bridgehead atoms. The molecule has 2 nitrogen and oxygen atoms in total. The summed E-state index contributed by atoms with van der Waals surface area (Å²) in [6.07, 6.45) is 5.20. The van der Waals surface area contributed by atoms with Crippen molar-refractivity contribution < 1.29 is 0 Å². The molecule has 118 valence electrons. The summed E-state index contributed by atoms with van der Waals surface area (Å²) in [6.45, 7) is 10.2. The predicted octanol–water partition coefficient (Wildman–Crippen LogP) is 5.14. The Labute approximate surface area is 138 Å². The zero-order valence-corrected chi connectivity index (χ0v) is 15.2. The normalized spacial score (nSPS) is 20.0. The highest BCUT2D eigenvalue weighted by atomic mass is 79.9. The summed E-state index contributed by atoms with van der Waals surface area (Å²) in [6, 6.07) is 7.27. The van der Waals surface area contributed by atoms with E-state index in [0.717, 1.165) is 12.5 Å². The highest BCUT2D eigenvalue weighted by molar-refractivity contribution is 9.10. The van der Waals surface area contributed by atoms with E-state index in [1.165, 1.54) is 54.5 Å². The minimum Gasteiger partial charge on any atom is -0.371 e. The smallest absolute Gasteiger partial charge is 0.0377 e. The SMILES string of the molecule is CCCNC(C)c1ccc(N2CCC(CCC)C2)cc1Br. The first-order chi connectivity index (χ1) is 10.2. The van der Waals surface area contributed by atoms with E-state index >= 15 is 0 Å². The second-order valence-corrected chi connectivity index (χ2v) is 7.13. The van der Waals surface area contributed by atoms with Crippen molar-refractivity contribution in [2.75, 3.05) is 24.5 Å². The Bertz CT molecular complexity index is 447. The van der Waals surface area contributed by atoms with E-state index < -0.39 is 0 Å². The van der Waals surface area contributed by atoms with Gasteiger partial charge in [-0.1, -0.05) is 42.3 Å². The molecule has 2 rings (SSSR count). The van der Waals surface area contributed by atoms with Crippen LogP contribution in [0.4, 0.5) is 5.69 Å². The first-order valence-electron chi connectivity index (χ1n) is 8.43. The van der Waals surface area contributed by atoms with Gasteiger partial charge in [-0.05, 0) is 56.3 Å². The van der Waals surface area contributed by atoms with E-state index in [1.807, 2.05) is 0 Å². The molecule has 0 aromatic heterocycles. The fourth-order valence-electron chi connectivity index (χ4n) is 3.25. The Morgan fingerprint density at radius 1 is 1.33 bits per heavy atom. The molecule has 1 aliphatic heterocycles. The van der Waals surface area contributed by atoms with Gasteiger partial charge in [0.1, 0.15) is 0 Å². The number of halogens is 1. The maximum atomic E-state index is 3.77. The Morgan fingerprint density at radius 2 is 2.14 bits per heavy atom. The van der Waals surface area contributed by atoms with E-state index in [1.54, 1.807) is 0 Å². The van der Waals surface area contributed by atoms with E-state index in [2.05, 4.69) is 65.1 Å². The van der Waals surface area contributed by atoms with Gasteiger partial charge in [-0.15, -0.1) is 0 Å². The molecule has 0 radical (unpaired) electrons. The third-order valence-corrected chi connectivity index (χ3v) is 5.19. The Morgan fingerprint density at radius 3 is 2.81 bits per heavy atom. The number of rotatable bonds is 7. The van der Waals surface area contributed by atoms with Crippen LogP contribution in [0.3, 0.4) is 0 Å². The first kappa shape index (κ1) is 16.8. The number of hydrogen-bond acceptors (Lipinski definition) is 2. The summed E-state index contributed by atoms with van der Waals surface area (Å²) in [5.74, 6) is 0.888. The van der Waals surface area contributed by atoms with Gasteiger partial charge in [0.05, 0.1) is 0 Å². The molecule has 21 heavy (non-hydrogen) atoms. The molecule has 0 aliphatic carbocycles. The highest BCUT2D eigenvalue weighted by Gasteiger charge is 2.22. The average molecular weight is 353 g/mol. The van der Waals surface area contributed by atoms with Gasteiger partial charge < -0.3 is 10.2 Å². The fourth-order valence-corrected chi connectivity index (χ4v) is 3.96. The lowest BCUT2D eigenvalue weighted by atomic mass is 10.0. The third-order valence-electron chi connectivity index (χ3n) is 4.50. The van der Waals surface area contributed by atoms with Crippen molar-refractivity contribution in [1.29, 1.82) is 0 Å². The van der Waals surface area contributed by atoms with E-state index in [0.29, 0.717) is 6.04 Å². The average Bonchev–Trinajstić information content (AvgIpc) is 2.93. The molecule has 1 aromatic rings. The summed E-state index contributed by atoms with van der Waals surface area (Å²) in [4.78, 5) is 2.54. The second-order valence-electron chi connectivity index (χ2n) is 6.27. The van der Waals surface area contributed by atoms with Gasteiger partial charge in [0.15, 0.2) is 0 Å². The molecule has 1 N–H and O–H groups in total. The van der Waals surface area contributed by atoms with Gasteiger partial charge in [0.25, 0.3) is 0 Å². The standard InChI is InChI=1S/C18H29BrN2/c1-4-6-15-9-11-21(13-15)16-7-8-17(18(19)12-16)14(3)20-10-5-2/h7-8,12,14-15,20H,4-6,9-11,13H2,1-3H3. The molecule has 1 aromatic carbocycles. The van der Waals surface area contributed by atoms with Crippen LogP contribution in [0.1, 0.15) is 58.1 Å². The van der Waals surface area contributed by atoms with Gasteiger partial charge in [-0.25, -0.2) is 0 Å². The maximum absolute atomic E-state index is 3.77. The fraction of sp³-hybridized carbons (Fsp3) is 0.667. The lowest BCUT2D eigenvalue weighted by Gasteiger charge is -2.22. The van der Waals surface area contributed by atoms with Crippen molar-refractivity contribution in [1.82, 2.24) is 5.32 Å². The topological polar surface area (TPSA) is 15.3 Å². The van der Waals surface area contributed by atoms with Gasteiger partial charge >= 0.3 is 0 Å². The van der Waals surface area contributed by atoms with Gasteiger partial charge in [0.2, 0.25) is 0 Å². The molecule has 0 saturated carbocycles. The lowest BCUT2D eigenvalue weighted by Crippen LogP contribution is -2.21. The summed E-state index contributed by atoms with van der Waals surface area (Å²) in [5, 5.41) is 3.56. The first-order valence-corrected chi connectivity index (χ1v) is 9.22. The molecular weight excluding hydrogens is 324 g/mol. The molecule has 2 atom stereocenters. The van der Waals surface area contributed by atoms with Crippen LogP contribution in [0.2, 0.25) is 0 Å². The Kier molecular flexibility index (Phi) is 6.56. The quantitative estimate of drug-likeness (QED) is 0.730. The van der Waals surface area contributed by atoms with E-state index in [4.69, 9.17) is 0 Å². The van der Waals surface area contributed by atoms with Crippen LogP contribution >= 0.6 is 15.9 Å². The lowest BCUT2D eigenvalue weighted by molar-refractivity contribution is 0.530.